The number of carbonyl (C=O) groups is 2. The largest absolute Gasteiger partial charge is 0.492 e. The van der Waals surface area contributed by atoms with Gasteiger partial charge in [-0.1, -0.05) is 53.0 Å². The van der Waals surface area contributed by atoms with Gasteiger partial charge in [0, 0.05) is 17.0 Å². The molecule has 0 heterocycles. The number of aliphatic hydroxyl groups is 1. The van der Waals surface area contributed by atoms with Crippen molar-refractivity contribution in [3.8, 4) is 5.75 Å². The van der Waals surface area contributed by atoms with Crippen LogP contribution in [0.4, 0.5) is 0 Å². The van der Waals surface area contributed by atoms with Crippen molar-refractivity contribution in [1.82, 2.24) is 0 Å². The Labute approximate surface area is 247 Å². The summed E-state index contributed by atoms with van der Waals surface area (Å²) in [7, 11) is 0. The van der Waals surface area contributed by atoms with Gasteiger partial charge in [-0.25, -0.2) is 4.79 Å². The highest BCUT2D eigenvalue weighted by Gasteiger charge is 2.46. The molecule has 3 N–H and O–H groups in total. The molecule has 9 heteroatoms. The van der Waals surface area contributed by atoms with Crippen molar-refractivity contribution < 1.29 is 24.5 Å². The van der Waals surface area contributed by atoms with Crippen LogP contribution in [-0.2, 0) is 10.4 Å². The summed E-state index contributed by atoms with van der Waals surface area (Å²) in [5.41, 5.74) is 1.86. The maximum Gasteiger partial charge on any atom is 0.335 e. The summed E-state index contributed by atoms with van der Waals surface area (Å²) >= 11 is 19.2. The number of carboxylic acid groups (broad SMARTS) is 1. The smallest absolute Gasteiger partial charge is 0.335 e. The summed E-state index contributed by atoms with van der Waals surface area (Å²) in [4.78, 5) is 24.5. The molecule has 0 spiro atoms. The fourth-order valence-corrected chi connectivity index (χ4v) is 6.39. The summed E-state index contributed by atoms with van der Waals surface area (Å²) in [6, 6.07) is 15.0. The quantitative estimate of drug-likeness (QED) is 0.209. The molecule has 1 unspecified atom stereocenters. The zero-order chi connectivity index (χ0) is 28.8. The number of Topliss-reactive ketones (excluding diaryl/α,β-unsaturated/α-hetero) is 1. The van der Waals surface area contributed by atoms with E-state index < -0.39 is 17.5 Å². The Balaban J connectivity index is 1.30. The second-order valence-electron chi connectivity index (χ2n) is 10.7. The minimum atomic E-state index is -1.15. The van der Waals surface area contributed by atoms with Crippen LogP contribution in [0.15, 0.2) is 54.6 Å². The Morgan fingerprint density at radius 3 is 2.30 bits per heavy atom. The number of carbonyl (C=O) groups excluding carboxylic acids is 1. The number of hydrogen-bond acceptors (Lipinski definition) is 5. The lowest BCUT2D eigenvalue weighted by Crippen LogP contribution is -2.40. The van der Waals surface area contributed by atoms with Crippen LogP contribution in [0, 0.1) is 24.2 Å². The van der Waals surface area contributed by atoms with Gasteiger partial charge < -0.3 is 20.4 Å². The van der Waals surface area contributed by atoms with Gasteiger partial charge in [-0.2, -0.15) is 0 Å². The second-order valence-corrected chi connectivity index (χ2v) is 11.9. The van der Waals surface area contributed by atoms with Gasteiger partial charge in [0.05, 0.1) is 37.9 Å². The van der Waals surface area contributed by atoms with Crippen LogP contribution in [0.2, 0.25) is 15.1 Å². The number of rotatable bonds is 10. The van der Waals surface area contributed by atoms with Crippen molar-refractivity contribution in [2.45, 2.75) is 44.1 Å². The molecule has 0 aliphatic heterocycles. The third kappa shape index (κ3) is 5.64. The van der Waals surface area contributed by atoms with Gasteiger partial charge in [-0.3, -0.25) is 4.79 Å². The summed E-state index contributed by atoms with van der Waals surface area (Å²) in [5, 5.41) is 30.4. The van der Waals surface area contributed by atoms with Gasteiger partial charge in [0.25, 0.3) is 0 Å². The molecule has 0 aromatic heterocycles. The Kier molecular flexibility index (Phi) is 7.99. The van der Waals surface area contributed by atoms with E-state index in [1.54, 1.807) is 54.6 Å². The molecule has 0 bridgehead atoms. The Morgan fingerprint density at radius 1 is 1.02 bits per heavy atom. The number of benzene rings is 3. The van der Waals surface area contributed by atoms with E-state index in [0.29, 0.717) is 44.8 Å². The highest BCUT2D eigenvalue weighted by molar-refractivity contribution is 6.40. The van der Waals surface area contributed by atoms with Crippen molar-refractivity contribution in [2.24, 2.45) is 11.8 Å². The molecule has 0 radical (unpaired) electrons. The van der Waals surface area contributed by atoms with Crippen LogP contribution < -0.4 is 4.74 Å². The van der Waals surface area contributed by atoms with Crippen LogP contribution in [0.5, 0.6) is 5.75 Å². The molecule has 2 aliphatic carbocycles. The van der Waals surface area contributed by atoms with Crippen LogP contribution in [0.3, 0.4) is 0 Å². The number of hydrogen-bond donors (Lipinski definition) is 3. The van der Waals surface area contributed by atoms with Gasteiger partial charge in [-0.05, 0) is 86.1 Å². The first-order valence-corrected chi connectivity index (χ1v) is 14.2. The molecule has 208 valence electrons. The molecule has 1 atom stereocenters. The molecule has 6 nitrogen and oxygen atoms in total. The zero-order valence-corrected chi connectivity index (χ0v) is 24.0. The molecule has 2 fully saturated rings. The summed E-state index contributed by atoms with van der Waals surface area (Å²) in [6.45, 7) is 1.86. The maximum absolute atomic E-state index is 13.1. The SMILES string of the molecule is Cc1ccc(C(=O)O)cc1C1CC(O)(c2ccc(OCC(C(=N)c3c(Cl)cccc3Cl)C(=O)C3CC3)cc2Cl)C1. The molecule has 2 aliphatic rings. The topological polar surface area (TPSA) is 108 Å². The van der Waals surface area contributed by atoms with Crippen LogP contribution in [-0.4, -0.2) is 34.3 Å². The first kappa shape index (κ1) is 28.6. The van der Waals surface area contributed by atoms with Gasteiger partial charge >= 0.3 is 5.97 Å². The highest BCUT2D eigenvalue weighted by atomic mass is 35.5. The Bertz CT molecular complexity index is 1490. The summed E-state index contributed by atoms with van der Waals surface area (Å²) in [5.74, 6) is -1.58. The van der Waals surface area contributed by atoms with Gasteiger partial charge in [0.1, 0.15) is 18.1 Å². The van der Waals surface area contributed by atoms with E-state index in [0.717, 1.165) is 24.0 Å². The molecular formula is C31H28Cl3NO5. The van der Waals surface area contributed by atoms with Crippen LogP contribution in [0.1, 0.15) is 64.2 Å². The lowest BCUT2D eigenvalue weighted by Gasteiger charge is -2.45. The first-order valence-electron chi connectivity index (χ1n) is 13.0. The van der Waals surface area contributed by atoms with E-state index in [9.17, 15) is 19.8 Å². The van der Waals surface area contributed by atoms with E-state index in [2.05, 4.69) is 0 Å². The van der Waals surface area contributed by atoms with Crippen molar-refractivity contribution in [2.75, 3.05) is 6.61 Å². The Hall–Kier alpha value is -2.90. The van der Waals surface area contributed by atoms with Crippen molar-refractivity contribution >= 4 is 52.3 Å². The van der Waals surface area contributed by atoms with Gasteiger partial charge in [0.15, 0.2) is 0 Å². The van der Waals surface area contributed by atoms with E-state index in [-0.39, 0.29) is 35.5 Å². The fourth-order valence-electron chi connectivity index (χ4n) is 5.44. The third-order valence-electron chi connectivity index (χ3n) is 7.90. The van der Waals surface area contributed by atoms with Crippen molar-refractivity contribution in [1.29, 1.82) is 5.41 Å². The number of aryl methyl sites for hydroxylation is 1. The average molecular weight is 601 g/mol. The number of ketones is 1. The first-order chi connectivity index (χ1) is 19.0. The van der Waals surface area contributed by atoms with E-state index in [4.69, 9.17) is 44.9 Å². The molecule has 40 heavy (non-hydrogen) atoms. The number of nitrogens with one attached hydrogen (secondary N) is 1. The molecule has 3 aromatic carbocycles. The van der Waals surface area contributed by atoms with Crippen molar-refractivity contribution in [3.05, 3.63) is 97.5 Å². The zero-order valence-electron chi connectivity index (χ0n) is 21.7. The molecular weight excluding hydrogens is 573 g/mol. The number of carboxylic acids is 1. The fraction of sp³-hybridized carbons (Fsp3) is 0.323. The summed E-state index contributed by atoms with van der Waals surface area (Å²) < 4.78 is 5.96. The lowest BCUT2D eigenvalue weighted by molar-refractivity contribution is -0.122. The maximum atomic E-state index is 13.1. The summed E-state index contributed by atoms with van der Waals surface area (Å²) in [6.07, 6.45) is 2.40. The predicted octanol–water partition coefficient (Wildman–Crippen LogP) is 7.46. The monoisotopic (exact) mass is 599 g/mol. The normalized spacial score (nSPS) is 20.9. The molecule has 0 amide bonds. The van der Waals surface area contributed by atoms with Crippen LogP contribution in [0.25, 0.3) is 0 Å². The highest BCUT2D eigenvalue weighted by Crippen LogP contribution is 2.53. The minimum absolute atomic E-state index is 0.00753. The minimum Gasteiger partial charge on any atom is -0.492 e. The van der Waals surface area contributed by atoms with Crippen LogP contribution >= 0.6 is 34.8 Å². The lowest BCUT2D eigenvalue weighted by atomic mass is 9.64. The molecule has 2 saturated carbocycles. The molecule has 0 saturated heterocycles. The predicted molar refractivity (Wildman–Crippen MR) is 155 cm³/mol. The van der Waals surface area contributed by atoms with E-state index in [1.807, 2.05) is 6.92 Å². The molecule has 5 rings (SSSR count). The van der Waals surface area contributed by atoms with E-state index in [1.165, 1.54) is 0 Å². The second kappa shape index (κ2) is 11.2. The third-order valence-corrected chi connectivity index (χ3v) is 8.84. The standard InChI is InChI=1S/C31H28Cl3NO5/c1-16-5-6-18(30(37)38)11-21(16)19-13-31(39,14-19)23-10-9-20(12-26(23)34)40-15-22(29(36)17-7-8-17)28(35)27-24(32)3-2-4-25(27)33/h2-6,9-12,17,19,22,35,39H,7-8,13-15H2,1H3,(H,37,38). The van der Waals surface area contributed by atoms with Gasteiger partial charge in [0.2, 0.25) is 0 Å². The molecule has 3 aromatic rings. The number of ether oxygens (including phenoxy) is 1. The Morgan fingerprint density at radius 2 is 1.70 bits per heavy atom. The van der Waals surface area contributed by atoms with Crippen molar-refractivity contribution in [3.63, 3.8) is 0 Å². The number of aromatic carboxylic acids is 1. The van der Waals surface area contributed by atoms with E-state index >= 15 is 0 Å². The van der Waals surface area contributed by atoms with Gasteiger partial charge in [-0.15, -0.1) is 0 Å². The average Bonchev–Trinajstić information content (AvgIpc) is 3.73. The number of halogens is 3.